The van der Waals surface area contributed by atoms with Crippen LogP contribution in [0.4, 0.5) is 0 Å². The Bertz CT molecular complexity index is 478. The van der Waals surface area contributed by atoms with E-state index in [-0.39, 0.29) is 25.1 Å². The van der Waals surface area contributed by atoms with E-state index in [0.29, 0.717) is 24.2 Å². The van der Waals surface area contributed by atoms with E-state index in [2.05, 4.69) is 6.58 Å². The van der Waals surface area contributed by atoms with Gasteiger partial charge in [-0.1, -0.05) is 18.2 Å². The van der Waals surface area contributed by atoms with Crippen LogP contribution in [0.1, 0.15) is 20.7 Å². The number of imide groups is 1. The highest BCUT2D eigenvalue weighted by Crippen LogP contribution is 2.22. The van der Waals surface area contributed by atoms with Gasteiger partial charge in [0, 0.05) is 13.1 Å². The van der Waals surface area contributed by atoms with Gasteiger partial charge in [0.05, 0.1) is 24.4 Å². The number of hydrogen-bond acceptors (Lipinski definition) is 4. The molecule has 0 saturated carbocycles. The van der Waals surface area contributed by atoms with Gasteiger partial charge in [0.25, 0.3) is 11.8 Å². The molecule has 0 aliphatic carbocycles. The third-order valence-electron chi connectivity index (χ3n) is 3.02. The zero-order valence-electron chi connectivity index (χ0n) is 10.6. The van der Waals surface area contributed by atoms with Crippen molar-refractivity contribution < 1.29 is 14.7 Å². The summed E-state index contributed by atoms with van der Waals surface area (Å²) in [4.78, 5) is 27.3. The molecule has 1 N–H and O–H groups in total. The zero-order chi connectivity index (χ0) is 13.8. The van der Waals surface area contributed by atoms with Gasteiger partial charge in [-0.05, 0) is 12.1 Å². The van der Waals surface area contributed by atoms with Crippen LogP contribution in [-0.2, 0) is 0 Å². The topological polar surface area (TPSA) is 60.9 Å². The zero-order valence-corrected chi connectivity index (χ0v) is 10.6. The van der Waals surface area contributed by atoms with E-state index in [0.717, 1.165) is 0 Å². The molecule has 0 radical (unpaired) electrons. The Balaban J connectivity index is 2.17. The molecule has 2 rings (SSSR count). The van der Waals surface area contributed by atoms with Crippen LogP contribution < -0.4 is 0 Å². The second-order valence-corrected chi connectivity index (χ2v) is 4.31. The number of rotatable bonds is 6. The minimum Gasteiger partial charge on any atom is -0.395 e. The Labute approximate surface area is 111 Å². The molecule has 1 aliphatic rings. The van der Waals surface area contributed by atoms with Crippen LogP contribution in [-0.4, -0.2) is 53.1 Å². The lowest BCUT2D eigenvalue weighted by molar-refractivity contribution is 0.0533. The molecule has 0 atom stereocenters. The molecule has 1 aromatic carbocycles. The summed E-state index contributed by atoms with van der Waals surface area (Å²) in [6.07, 6.45) is 1.67. The molecule has 1 aromatic rings. The van der Waals surface area contributed by atoms with Gasteiger partial charge in [-0.3, -0.25) is 19.4 Å². The molecular weight excluding hydrogens is 244 g/mol. The van der Waals surface area contributed by atoms with Crippen LogP contribution in [0.25, 0.3) is 0 Å². The molecule has 19 heavy (non-hydrogen) atoms. The van der Waals surface area contributed by atoms with Crippen molar-refractivity contribution >= 4 is 11.8 Å². The van der Waals surface area contributed by atoms with Crippen LogP contribution >= 0.6 is 0 Å². The van der Waals surface area contributed by atoms with Gasteiger partial charge in [0.15, 0.2) is 0 Å². The van der Waals surface area contributed by atoms with Crippen molar-refractivity contribution in [3.8, 4) is 0 Å². The Hall–Kier alpha value is -1.98. The van der Waals surface area contributed by atoms with Gasteiger partial charge < -0.3 is 5.11 Å². The van der Waals surface area contributed by atoms with Crippen molar-refractivity contribution in [2.45, 2.75) is 0 Å². The summed E-state index contributed by atoms with van der Waals surface area (Å²) >= 11 is 0. The molecular formula is C14H16N2O3. The fourth-order valence-corrected chi connectivity index (χ4v) is 2.11. The average molecular weight is 260 g/mol. The SMILES string of the molecule is C=CCN(CCO)CN1C(=O)c2ccccc2C1=O. The molecule has 0 unspecified atom stereocenters. The normalized spacial score (nSPS) is 14.1. The molecule has 100 valence electrons. The summed E-state index contributed by atoms with van der Waals surface area (Å²) in [5, 5.41) is 8.98. The fraction of sp³-hybridized carbons (Fsp3) is 0.286. The van der Waals surface area contributed by atoms with E-state index in [1.165, 1.54) is 4.90 Å². The molecule has 0 bridgehead atoms. The second kappa shape index (κ2) is 5.77. The lowest BCUT2D eigenvalue weighted by atomic mass is 10.1. The second-order valence-electron chi connectivity index (χ2n) is 4.31. The van der Waals surface area contributed by atoms with Crippen molar-refractivity contribution in [1.82, 2.24) is 9.80 Å². The lowest BCUT2D eigenvalue weighted by Crippen LogP contribution is -2.42. The predicted octanol–water partition coefficient (Wildman–Crippen LogP) is 0.720. The van der Waals surface area contributed by atoms with Crippen molar-refractivity contribution in [1.29, 1.82) is 0 Å². The van der Waals surface area contributed by atoms with Crippen LogP contribution in [0, 0.1) is 0 Å². The summed E-state index contributed by atoms with van der Waals surface area (Å²) in [5.41, 5.74) is 0.880. The summed E-state index contributed by atoms with van der Waals surface area (Å²) in [5.74, 6) is -0.569. The monoisotopic (exact) mass is 260 g/mol. The first-order valence-electron chi connectivity index (χ1n) is 6.08. The summed E-state index contributed by atoms with van der Waals surface area (Å²) in [7, 11) is 0. The number of aliphatic hydroxyl groups excluding tert-OH is 1. The number of benzene rings is 1. The number of fused-ring (bicyclic) bond motifs is 1. The van der Waals surface area contributed by atoms with Gasteiger partial charge in [0.2, 0.25) is 0 Å². The Morgan fingerprint density at radius 1 is 1.21 bits per heavy atom. The summed E-state index contributed by atoms with van der Waals surface area (Å²) < 4.78 is 0. The highest BCUT2D eigenvalue weighted by atomic mass is 16.3. The molecule has 0 fully saturated rings. The number of carbonyl (C=O) groups is 2. The first kappa shape index (κ1) is 13.5. The average Bonchev–Trinajstić information content (AvgIpc) is 2.65. The molecule has 1 aliphatic heterocycles. The van der Waals surface area contributed by atoms with E-state index in [9.17, 15) is 9.59 Å². The first-order chi connectivity index (χ1) is 9.19. The quantitative estimate of drug-likeness (QED) is 0.605. The van der Waals surface area contributed by atoms with E-state index in [1.54, 1.807) is 35.2 Å². The fourth-order valence-electron chi connectivity index (χ4n) is 2.11. The first-order valence-corrected chi connectivity index (χ1v) is 6.08. The number of carbonyl (C=O) groups excluding carboxylic acids is 2. The van der Waals surface area contributed by atoms with Crippen molar-refractivity contribution in [3.05, 3.63) is 48.0 Å². The van der Waals surface area contributed by atoms with Crippen LogP contribution in [0.3, 0.4) is 0 Å². The Kier molecular flexibility index (Phi) is 4.09. The lowest BCUT2D eigenvalue weighted by Gasteiger charge is -2.24. The van der Waals surface area contributed by atoms with Crippen molar-refractivity contribution in [3.63, 3.8) is 0 Å². The maximum atomic E-state index is 12.1. The molecule has 5 heteroatoms. The third-order valence-corrected chi connectivity index (χ3v) is 3.02. The number of hydrogen-bond donors (Lipinski definition) is 1. The maximum absolute atomic E-state index is 12.1. The van der Waals surface area contributed by atoms with E-state index in [4.69, 9.17) is 5.11 Å². The van der Waals surface area contributed by atoms with Crippen LogP contribution in [0.5, 0.6) is 0 Å². The van der Waals surface area contributed by atoms with Crippen LogP contribution in [0.2, 0.25) is 0 Å². The van der Waals surface area contributed by atoms with Gasteiger partial charge in [-0.15, -0.1) is 6.58 Å². The number of aliphatic hydroxyl groups is 1. The van der Waals surface area contributed by atoms with Gasteiger partial charge in [-0.25, -0.2) is 0 Å². The summed E-state index contributed by atoms with van der Waals surface area (Å²) in [6.45, 7) is 4.65. The number of amides is 2. The largest absolute Gasteiger partial charge is 0.395 e. The van der Waals surface area contributed by atoms with Crippen molar-refractivity contribution in [2.75, 3.05) is 26.4 Å². The highest BCUT2D eigenvalue weighted by Gasteiger charge is 2.35. The smallest absolute Gasteiger partial charge is 0.262 e. The minimum absolute atomic E-state index is 0.0307. The summed E-state index contributed by atoms with van der Waals surface area (Å²) in [6, 6.07) is 6.78. The molecule has 0 saturated heterocycles. The minimum atomic E-state index is -0.285. The standard InChI is InChI=1S/C14H16N2O3/c1-2-7-15(8-9-17)10-16-13(18)11-5-3-4-6-12(11)14(16)19/h2-6,17H,1,7-10H2. The van der Waals surface area contributed by atoms with Gasteiger partial charge in [-0.2, -0.15) is 0 Å². The maximum Gasteiger partial charge on any atom is 0.262 e. The Morgan fingerprint density at radius 3 is 2.26 bits per heavy atom. The third kappa shape index (κ3) is 2.57. The predicted molar refractivity (Wildman–Crippen MR) is 70.7 cm³/mol. The van der Waals surface area contributed by atoms with Gasteiger partial charge >= 0.3 is 0 Å². The van der Waals surface area contributed by atoms with Crippen molar-refractivity contribution in [2.24, 2.45) is 0 Å². The molecule has 0 spiro atoms. The highest BCUT2D eigenvalue weighted by molar-refractivity contribution is 6.21. The number of nitrogens with zero attached hydrogens (tertiary/aromatic N) is 2. The molecule has 0 aromatic heterocycles. The van der Waals surface area contributed by atoms with E-state index < -0.39 is 0 Å². The molecule has 2 amide bonds. The van der Waals surface area contributed by atoms with E-state index in [1.807, 2.05) is 0 Å². The van der Waals surface area contributed by atoms with Crippen LogP contribution in [0.15, 0.2) is 36.9 Å². The van der Waals surface area contributed by atoms with E-state index >= 15 is 0 Å². The van der Waals surface area contributed by atoms with Gasteiger partial charge in [0.1, 0.15) is 0 Å². The molecule has 1 heterocycles. The Morgan fingerprint density at radius 2 is 1.79 bits per heavy atom. The molecule has 5 nitrogen and oxygen atoms in total.